The van der Waals surface area contributed by atoms with Crippen molar-refractivity contribution in [3.63, 3.8) is 0 Å². The van der Waals surface area contributed by atoms with Gasteiger partial charge < -0.3 is 5.32 Å². The minimum Gasteiger partial charge on any atom is -0.321 e. The molecule has 1 aromatic carbocycles. The van der Waals surface area contributed by atoms with Crippen LogP contribution >= 0.6 is 0 Å². The molecule has 0 unspecified atom stereocenters. The normalized spacial score (nSPS) is 22.6. The van der Waals surface area contributed by atoms with Gasteiger partial charge in [-0.25, -0.2) is 0 Å². The Kier molecular flexibility index (Phi) is 2.71. The van der Waals surface area contributed by atoms with E-state index in [1.165, 1.54) is 32.1 Å². The average molecular weight is 227 g/mol. The second kappa shape index (κ2) is 4.36. The Balaban J connectivity index is 1.92. The zero-order chi connectivity index (χ0) is 11.7. The van der Waals surface area contributed by atoms with Crippen molar-refractivity contribution in [2.45, 2.75) is 32.1 Å². The van der Waals surface area contributed by atoms with Gasteiger partial charge in [0.1, 0.15) is 0 Å². The molecule has 0 atom stereocenters. The third-order valence-corrected chi connectivity index (χ3v) is 3.76. The van der Waals surface area contributed by atoms with Gasteiger partial charge in [-0.15, -0.1) is 0 Å². The Labute approximate surface area is 102 Å². The molecule has 3 rings (SSSR count). The van der Waals surface area contributed by atoms with Gasteiger partial charge in [-0.3, -0.25) is 4.79 Å². The molecule has 88 valence electrons. The predicted molar refractivity (Wildman–Crippen MR) is 69.6 cm³/mol. The van der Waals surface area contributed by atoms with Crippen LogP contribution < -0.4 is 5.32 Å². The molecule has 0 aromatic heterocycles. The first-order valence-electron chi connectivity index (χ1n) is 6.47. The largest absolute Gasteiger partial charge is 0.321 e. The number of rotatable bonds is 1. The molecule has 1 aromatic rings. The highest BCUT2D eigenvalue weighted by atomic mass is 16.2. The monoisotopic (exact) mass is 227 g/mol. The molecule has 1 N–H and O–H groups in total. The first-order valence-corrected chi connectivity index (χ1v) is 6.47. The van der Waals surface area contributed by atoms with Crippen molar-refractivity contribution in [1.82, 2.24) is 0 Å². The van der Waals surface area contributed by atoms with Gasteiger partial charge in [0.25, 0.3) is 5.91 Å². The van der Waals surface area contributed by atoms with Gasteiger partial charge in [0, 0.05) is 16.8 Å². The van der Waals surface area contributed by atoms with E-state index in [0.717, 1.165) is 16.8 Å². The second-order valence-electron chi connectivity index (χ2n) is 4.98. The number of carbonyl (C=O) groups excluding carboxylic acids is 1. The topological polar surface area (TPSA) is 29.1 Å². The molecule has 0 bridgehead atoms. The molecule has 2 aliphatic rings. The molecule has 1 heterocycles. The van der Waals surface area contributed by atoms with Gasteiger partial charge in [0.2, 0.25) is 0 Å². The Morgan fingerprint density at radius 2 is 1.88 bits per heavy atom. The molecule has 0 radical (unpaired) electrons. The molecule has 2 heteroatoms. The van der Waals surface area contributed by atoms with Crippen LogP contribution in [0.15, 0.2) is 30.3 Å². The van der Waals surface area contributed by atoms with E-state index >= 15 is 0 Å². The fourth-order valence-electron chi connectivity index (χ4n) is 2.84. The highest BCUT2D eigenvalue weighted by molar-refractivity contribution is 6.31. The lowest BCUT2D eigenvalue weighted by atomic mass is 9.87. The average Bonchev–Trinajstić information content (AvgIpc) is 2.68. The molecular weight excluding hydrogens is 210 g/mol. The van der Waals surface area contributed by atoms with Crippen molar-refractivity contribution in [2.24, 2.45) is 5.92 Å². The third-order valence-electron chi connectivity index (χ3n) is 3.76. The number of para-hydroxylation sites is 1. The Hall–Kier alpha value is -1.57. The van der Waals surface area contributed by atoms with E-state index in [2.05, 4.69) is 11.4 Å². The molecular formula is C15H17NO. The summed E-state index contributed by atoms with van der Waals surface area (Å²) in [5, 5.41) is 2.93. The fourth-order valence-corrected chi connectivity index (χ4v) is 2.84. The zero-order valence-corrected chi connectivity index (χ0v) is 9.91. The van der Waals surface area contributed by atoms with Crippen LogP contribution in [0.4, 0.5) is 5.69 Å². The number of allylic oxidation sites excluding steroid dienone is 1. The summed E-state index contributed by atoms with van der Waals surface area (Å²) in [5.74, 6) is 0.660. The third kappa shape index (κ3) is 1.99. The lowest BCUT2D eigenvalue weighted by Gasteiger charge is -2.18. The molecule has 1 fully saturated rings. The van der Waals surface area contributed by atoms with Crippen molar-refractivity contribution in [1.29, 1.82) is 0 Å². The van der Waals surface area contributed by atoms with Crippen molar-refractivity contribution >= 4 is 17.2 Å². The summed E-state index contributed by atoms with van der Waals surface area (Å²) >= 11 is 0. The van der Waals surface area contributed by atoms with Crippen LogP contribution in [0.1, 0.15) is 37.7 Å². The number of carbonyl (C=O) groups is 1. The van der Waals surface area contributed by atoms with E-state index in [9.17, 15) is 4.79 Å². The number of fused-ring (bicyclic) bond motifs is 1. The van der Waals surface area contributed by atoms with E-state index in [-0.39, 0.29) is 5.91 Å². The molecule has 17 heavy (non-hydrogen) atoms. The first kappa shape index (κ1) is 10.6. The number of hydrogen-bond acceptors (Lipinski definition) is 1. The lowest BCUT2D eigenvalue weighted by molar-refractivity contribution is -0.110. The Morgan fingerprint density at radius 1 is 1.12 bits per heavy atom. The summed E-state index contributed by atoms with van der Waals surface area (Å²) in [5.41, 5.74) is 2.91. The number of benzene rings is 1. The van der Waals surface area contributed by atoms with Gasteiger partial charge in [-0.05, 0) is 24.8 Å². The maximum Gasteiger partial charge on any atom is 0.256 e. The minimum absolute atomic E-state index is 0.0665. The maximum absolute atomic E-state index is 11.9. The first-order chi connectivity index (χ1) is 8.34. The van der Waals surface area contributed by atoms with Crippen LogP contribution in [-0.2, 0) is 4.79 Å². The summed E-state index contributed by atoms with van der Waals surface area (Å²) in [7, 11) is 0. The number of amides is 1. The number of nitrogens with one attached hydrogen (secondary N) is 1. The van der Waals surface area contributed by atoms with Gasteiger partial charge in [0.15, 0.2) is 0 Å². The quantitative estimate of drug-likeness (QED) is 0.730. The minimum atomic E-state index is 0.0665. The van der Waals surface area contributed by atoms with E-state index in [1.807, 2.05) is 24.3 Å². The Bertz CT molecular complexity index is 470. The SMILES string of the molecule is O=C1Nc2ccccc2/C1=C/C1CCCCC1. The van der Waals surface area contributed by atoms with Crippen molar-refractivity contribution in [3.8, 4) is 0 Å². The highest BCUT2D eigenvalue weighted by Gasteiger charge is 2.24. The zero-order valence-electron chi connectivity index (χ0n) is 9.91. The van der Waals surface area contributed by atoms with Crippen molar-refractivity contribution < 1.29 is 4.79 Å². The number of hydrogen-bond donors (Lipinski definition) is 1. The van der Waals surface area contributed by atoms with E-state index in [1.54, 1.807) is 0 Å². The standard InChI is InChI=1S/C15H17NO/c17-15-13(10-11-6-2-1-3-7-11)12-8-4-5-9-14(12)16-15/h4-5,8-11H,1-3,6-7H2,(H,16,17)/b13-10-. The summed E-state index contributed by atoms with van der Waals surface area (Å²) in [4.78, 5) is 11.9. The van der Waals surface area contributed by atoms with Crippen molar-refractivity contribution in [3.05, 3.63) is 35.9 Å². The van der Waals surface area contributed by atoms with Gasteiger partial charge in [-0.2, -0.15) is 0 Å². The van der Waals surface area contributed by atoms with Gasteiger partial charge in [-0.1, -0.05) is 43.5 Å². The molecule has 0 spiro atoms. The van der Waals surface area contributed by atoms with Crippen LogP contribution in [0, 0.1) is 5.92 Å². The summed E-state index contributed by atoms with van der Waals surface area (Å²) < 4.78 is 0. The Morgan fingerprint density at radius 3 is 2.71 bits per heavy atom. The highest BCUT2D eigenvalue weighted by Crippen LogP contribution is 2.34. The molecule has 1 saturated carbocycles. The van der Waals surface area contributed by atoms with Gasteiger partial charge >= 0.3 is 0 Å². The summed E-state index contributed by atoms with van der Waals surface area (Å²) in [6, 6.07) is 7.95. The second-order valence-corrected chi connectivity index (χ2v) is 4.98. The summed E-state index contributed by atoms with van der Waals surface area (Å²) in [6.07, 6.45) is 8.62. The van der Waals surface area contributed by atoms with E-state index in [4.69, 9.17) is 0 Å². The number of anilines is 1. The van der Waals surface area contributed by atoms with E-state index in [0.29, 0.717) is 5.92 Å². The lowest BCUT2D eigenvalue weighted by Crippen LogP contribution is -2.08. The summed E-state index contributed by atoms with van der Waals surface area (Å²) in [6.45, 7) is 0. The van der Waals surface area contributed by atoms with Crippen molar-refractivity contribution in [2.75, 3.05) is 5.32 Å². The molecule has 1 aliphatic heterocycles. The maximum atomic E-state index is 11.9. The molecule has 1 aliphatic carbocycles. The molecule has 1 amide bonds. The molecule has 2 nitrogen and oxygen atoms in total. The van der Waals surface area contributed by atoms with Crippen LogP contribution in [0.2, 0.25) is 0 Å². The smallest absolute Gasteiger partial charge is 0.256 e. The van der Waals surface area contributed by atoms with Crippen LogP contribution in [0.3, 0.4) is 0 Å². The van der Waals surface area contributed by atoms with Crippen LogP contribution in [-0.4, -0.2) is 5.91 Å². The van der Waals surface area contributed by atoms with Crippen LogP contribution in [0.25, 0.3) is 5.57 Å². The van der Waals surface area contributed by atoms with Crippen LogP contribution in [0.5, 0.6) is 0 Å². The predicted octanol–water partition coefficient (Wildman–Crippen LogP) is 3.60. The van der Waals surface area contributed by atoms with Gasteiger partial charge in [0.05, 0.1) is 0 Å². The van der Waals surface area contributed by atoms with E-state index < -0.39 is 0 Å². The molecule has 0 saturated heterocycles. The fraction of sp³-hybridized carbons (Fsp3) is 0.400.